The summed E-state index contributed by atoms with van der Waals surface area (Å²) < 4.78 is 11.2. The lowest BCUT2D eigenvalue weighted by molar-refractivity contribution is -0.132. The number of rotatable bonds is 5. The van der Waals surface area contributed by atoms with Crippen LogP contribution < -0.4 is 4.74 Å². The number of hydrogen-bond acceptors (Lipinski definition) is 4. The molecule has 0 aromatic heterocycles. The molecule has 0 radical (unpaired) electrons. The molecule has 132 valence electrons. The van der Waals surface area contributed by atoms with Gasteiger partial charge in [0.05, 0.1) is 6.61 Å². The number of para-hydroxylation sites is 1. The molecule has 1 aromatic rings. The summed E-state index contributed by atoms with van der Waals surface area (Å²) in [5.74, 6) is 1.38. The molecule has 0 saturated carbocycles. The fraction of sp³-hybridized carbons (Fsp3) is 0.632. The molecule has 2 atom stereocenters. The van der Waals surface area contributed by atoms with Crippen molar-refractivity contribution in [3.05, 3.63) is 29.8 Å². The van der Waals surface area contributed by atoms with Gasteiger partial charge >= 0.3 is 0 Å². The number of carbonyl (C=O) groups is 1. The molecule has 2 aliphatic heterocycles. The lowest BCUT2D eigenvalue weighted by Crippen LogP contribution is -2.39. The highest BCUT2D eigenvalue weighted by Gasteiger charge is 2.50. The molecule has 0 unspecified atom stereocenters. The molecular weight excluding hydrogens is 304 g/mol. The summed E-state index contributed by atoms with van der Waals surface area (Å²) in [7, 11) is 3.92. The zero-order chi connectivity index (χ0) is 17.2. The molecule has 24 heavy (non-hydrogen) atoms. The Kier molecular flexibility index (Phi) is 5.11. The molecule has 1 aromatic carbocycles. The van der Waals surface area contributed by atoms with Gasteiger partial charge in [-0.15, -0.1) is 0 Å². The quantitative estimate of drug-likeness (QED) is 0.825. The molecule has 2 aliphatic rings. The van der Waals surface area contributed by atoms with E-state index < -0.39 is 0 Å². The number of methoxy groups -OCH3 is 1. The van der Waals surface area contributed by atoms with E-state index in [9.17, 15) is 4.79 Å². The van der Waals surface area contributed by atoms with Crippen LogP contribution in [0.15, 0.2) is 24.3 Å². The lowest BCUT2D eigenvalue weighted by atomic mass is 9.78. The van der Waals surface area contributed by atoms with Crippen LogP contribution in [0.2, 0.25) is 0 Å². The zero-order valence-electron chi connectivity index (χ0n) is 15.0. The van der Waals surface area contributed by atoms with Crippen molar-refractivity contribution in [1.29, 1.82) is 0 Å². The normalized spacial score (nSPS) is 27.1. The van der Waals surface area contributed by atoms with Crippen molar-refractivity contribution < 1.29 is 14.3 Å². The van der Waals surface area contributed by atoms with Gasteiger partial charge in [0.1, 0.15) is 5.75 Å². The smallest absolute Gasteiger partial charge is 0.260 e. The van der Waals surface area contributed by atoms with Crippen LogP contribution in [0.4, 0.5) is 0 Å². The minimum Gasteiger partial charge on any atom is -0.484 e. The van der Waals surface area contributed by atoms with Gasteiger partial charge in [-0.1, -0.05) is 18.2 Å². The van der Waals surface area contributed by atoms with E-state index in [4.69, 9.17) is 9.47 Å². The van der Waals surface area contributed by atoms with Gasteiger partial charge in [-0.25, -0.2) is 0 Å². The van der Waals surface area contributed by atoms with E-state index in [1.807, 2.05) is 36.1 Å². The van der Waals surface area contributed by atoms with Gasteiger partial charge in [-0.05, 0) is 32.0 Å². The van der Waals surface area contributed by atoms with Gasteiger partial charge in [-0.3, -0.25) is 4.79 Å². The predicted octanol–water partition coefficient (Wildman–Crippen LogP) is 1.80. The second-order valence-electron chi connectivity index (χ2n) is 7.33. The SMILES string of the molecule is COC[C@@H]1CN(C)C[C@@]12CCN(C(=O)COc1ccccc1C)C2. The Hall–Kier alpha value is -1.59. The molecule has 2 saturated heterocycles. The van der Waals surface area contributed by atoms with Crippen LogP contribution in [0.3, 0.4) is 0 Å². The largest absolute Gasteiger partial charge is 0.484 e. The second kappa shape index (κ2) is 7.11. The first-order valence-electron chi connectivity index (χ1n) is 8.68. The van der Waals surface area contributed by atoms with E-state index in [0.717, 1.165) is 50.5 Å². The highest BCUT2D eigenvalue weighted by Crippen LogP contribution is 2.43. The monoisotopic (exact) mass is 332 g/mol. The first-order chi connectivity index (χ1) is 11.5. The Morgan fingerprint density at radius 1 is 1.33 bits per heavy atom. The summed E-state index contributed by atoms with van der Waals surface area (Å²) in [6, 6.07) is 7.81. The maximum atomic E-state index is 12.6. The topological polar surface area (TPSA) is 42.0 Å². The number of ether oxygens (including phenoxy) is 2. The Labute approximate surface area is 144 Å². The van der Waals surface area contributed by atoms with Gasteiger partial charge < -0.3 is 19.3 Å². The van der Waals surface area contributed by atoms with Gasteiger partial charge in [0, 0.05) is 44.6 Å². The number of likely N-dealkylation sites (tertiary alicyclic amines) is 2. The van der Waals surface area contributed by atoms with E-state index in [2.05, 4.69) is 11.9 Å². The van der Waals surface area contributed by atoms with Gasteiger partial charge in [0.2, 0.25) is 0 Å². The average molecular weight is 332 g/mol. The summed E-state index contributed by atoms with van der Waals surface area (Å²) >= 11 is 0. The zero-order valence-corrected chi connectivity index (χ0v) is 15.0. The van der Waals surface area contributed by atoms with E-state index in [1.54, 1.807) is 7.11 Å². The Balaban J connectivity index is 1.59. The van der Waals surface area contributed by atoms with Crippen LogP contribution in [-0.4, -0.2) is 69.3 Å². The first-order valence-corrected chi connectivity index (χ1v) is 8.68. The summed E-state index contributed by atoms with van der Waals surface area (Å²) in [6.07, 6.45) is 1.06. The molecule has 5 heteroatoms. The molecule has 2 heterocycles. The van der Waals surface area contributed by atoms with E-state index in [-0.39, 0.29) is 17.9 Å². The van der Waals surface area contributed by atoms with Crippen molar-refractivity contribution in [3.8, 4) is 5.75 Å². The maximum absolute atomic E-state index is 12.6. The van der Waals surface area contributed by atoms with E-state index >= 15 is 0 Å². The molecule has 0 aliphatic carbocycles. The second-order valence-corrected chi connectivity index (χ2v) is 7.33. The molecular formula is C19H28N2O3. The molecule has 1 amide bonds. The standard InChI is InChI=1S/C19H28N2O3/c1-15-6-4-5-7-17(15)24-12-18(22)21-9-8-19(14-21)13-20(2)10-16(19)11-23-3/h4-7,16H,8-14H2,1-3H3/t16-,19+/m0/s1. The summed E-state index contributed by atoms with van der Waals surface area (Å²) in [6.45, 7) is 6.62. The Morgan fingerprint density at radius 3 is 2.88 bits per heavy atom. The molecule has 0 N–H and O–H groups in total. The highest BCUT2D eigenvalue weighted by atomic mass is 16.5. The van der Waals surface area contributed by atoms with Crippen molar-refractivity contribution in [1.82, 2.24) is 9.80 Å². The van der Waals surface area contributed by atoms with E-state index in [1.165, 1.54) is 0 Å². The van der Waals surface area contributed by atoms with Crippen molar-refractivity contribution >= 4 is 5.91 Å². The third kappa shape index (κ3) is 3.42. The van der Waals surface area contributed by atoms with Crippen LogP contribution in [0.1, 0.15) is 12.0 Å². The molecule has 3 rings (SSSR count). The first kappa shape index (κ1) is 17.2. The fourth-order valence-electron chi connectivity index (χ4n) is 4.25. The van der Waals surface area contributed by atoms with Crippen LogP contribution in [0.25, 0.3) is 0 Å². The van der Waals surface area contributed by atoms with E-state index in [0.29, 0.717) is 5.92 Å². The van der Waals surface area contributed by atoms with Crippen molar-refractivity contribution in [2.24, 2.45) is 11.3 Å². The number of amides is 1. The number of carbonyl (C=O) groups excluding carboxylic acids is 1. The predicted molar refractivity (Wildman–Crippen MR) is 93.2 cm³/mol. The minimum atomic E-state index is 0.0841. The van der Waals surface area contributed by atoms with Crippen molar-refractivity contribution in [3.63, 3.8) is 0 Å². The molecule has 5 nitrogen and oxygen atoms in total. The third-order valence-electron chi connectivity index (χ3n) is 5.53. The van der Waals surface area contributed by atoms with Crippen LogP contribution in [-0.2, 0) is 9.53 Å². The summed E-state index contributed by atoms with van der Waals surface area (Å²) in [4.78, 5) is 16.9. The summed E-state index contributed by atoms with van der Waals surface area (Å²) in [5, 5.41) is 0. The Morgan fingerprint density at radius 2 is 2.12 bits per heavy atom. The maximum Gasteiger partial charge on any atom is 0.260 e. The average Bonchev–Trinajstić information content (AvgIpc) is 3.11. The number of benzene rings is 1. The molecule has 0 bridgehead atoms. The minimum absolute atomic E-state index is 0.0841. The molecule has 1 spiro atoms. The van der Waals surface area contributed by atoms with Gasteiger partial charge in [0.25, 0.3) is 5.91 Å². The highest BCUT2D eigenvalue weighted by molar-refractivity contribution is 5.78. The van der Waals surface area contributed by atoms with Crippen LogP contribution >= 0.6 is 0 Å². The summed E-state index contributed by atoms with van der Waals surface area (Å²) in [5.41, 5.74) is 1.24. The van der Waals surface area contributed by atoms with Crippen molar-refractivity contribution in [2.45, 2.75) is 13.3 Å². The van der Waals surface area contributed by atoms with Gasteiger partial charge in [0.15, 0.2) is 6.61 Å². The van der Waals surface area contributed by atoms with Gasteiger partial charge in [-0.2, -0.15) is 0 Å². The van der Waals surface area contributed by atoms with Crippen LogP contribution in [0, 0.1) is 18.3 Å². The van der Waals surface area contributed by atoms with Crippen LogP contribution in [0.5, 0.6) is 5.75 Å². The number of aryl methyl sites for hydroxylation is 1. The Bertz CT molecular complexity index is 592. The third-order valence-corrected chi connectivity index (χ3v) is 5.53. The van der Waals surface area contributed by atoms with Crippen molar-refractivity contribution in [2.75, 3.05) is 53.6 Å². The number of nitrogens with zero attached hydrogens (tertiary/aromatic N) is 2. The lowest BCUT2D eigenvalue weighted by Gasteiger charge is -2.30. The molecule has 2 fully saturated rings. The number of hydrogen-bond donors (Lipinski definition) is 0. The fourth-order valence-corrected chi connectivity index (χ4v) is 4.25.